The molecule has 2 heterocycles. The van der Waals surface area contributed by atoms with Gasteiger partial charge in [-0.3, -0.25) is 4.79 Å². The molecule has 0 saturated carbocycles. The molecule has 0 saturated heterocycles. The third-order valence-corrected chi connectivity index (χ3v) is 2.93. The van der Waals surface area contributed by atoms with E-state index in [1.54, 1.807) is 0 Å². The third kappa shape index (κ3) is 1.52. The Bertz CT molecular complexity index is 396. The summed E-state index contributed by atoms with van der Waals surface area (Å²) in [6.07, 6.45) is 1.02. The number of fused-ring (bicyclic) bond motifs is 1. The van der Waals surface area contributed by atoms with Crippen molar-refractivity contribution in [3.63, 3.8) is 0 Å². The first-order chi connectivity index (χ1) is 7.15. The maximum Gasteiger partial charge on any atom is 0.269 e. The number of rotatable bonds is 2. The lowest BCUT2D eigenvalue weighted by Crippen LogP contribution is -2.34. The van der Waals surface area contributed by atoms with Crippen LogP contribution in [0.15, 0.2) is 0 Å². The highest BCUT2D eigenvalue weighted by Crippen LogP contribution is 2.23. The second kappa shape index (κ2) is 3.66. The van der Waals surface area contributed by atoms with Crippen molar-refractivity contribution >= 4 is 5.91 Å². The highest BCUT2D eigenvalue weighted by atomic mass is 16.1. The van der Waals surface area contributed by atoms with Crippen molar-refractivity contribution in [1.29, 1.82) is 0 Å². The number of nitrogens with one attached hydrogen (secondary N) is 1. The molecule has 1 aromatic heterocycles. The molecule has 1 unspecified atom stereocenters. The van der Waals surface area contributed by atoms with Crippen molar-refractivity contribution in [2.75, 3.05) is 6.54 Å². The van der Waals surface area contributed by atoms with Gasteiger partial charge in [0, 0.05) is 19.1 Å². The van der Waals surface area contributed by atoms with Gasteiger partial charge in [0.2, 0.25) is 0 Å². The molecule has 82 valence electrons. The molecule has 1 amide bonds. The number of nitrogens with zero attached hydrogens (tertiary/aromatic N) is 2. The van der Waals surface area contributed by atoms with Crippen LogP contribution < -0.4 is 11.1 Å². The number of carbonyl (C=O) groups excluding carboxylic acids is 1. The van der Waals surface area contributed by atoms with Gasteiger partial charge in [0.05, 0.1) is 5.69 Å². The summed E-state index contributed by atoms with van der Waals surface area (Å²) in [5, 5.41) is 3.28. The summed E-state index contributed by atoms with van der Waals surface area (Å²) in [4.78, 5) is 15.4. The van der Waals surface area contributed by atoms with E-state index in [0.29, 0.717) is 18.3 Å². The van der Waals surface area contributed by atoms with E-state index < -0.39 is 5.91 Å². The van der Waals surface area contributed by atoms with Crippen LogP contribution in [-0.2, 0) is 6.54 Å². The largest absolute Gasteiger partial charge is 0.364 e. The number of hydrogen-bond acceptors (Lipinski definition) is 3. The Hall–Kier alpha value is -1.36. The van der Waals surface area contributed by atoms with Crippen LogP contribution in [0.1, 0.15) is 41.4 Å². The highest BCUT2D eigenvalue weighted by Gasteiger charge is 2.25. The normalized spacial score (nSPS) is 20.0. The van der Waals surface area contributed by atoms with E-state index in [2.05, 4.69) is 21.8 Å². The lowest BCUT2D eigenvalue weighted by atomic mass is 10.1. The van der Waals surface area contributed by atoms with Gasteiger partial charge in [-0.1, -0.05) is 6.92 Å². The van der Waals surface area contributed by atoms with Gasteiger partial charge in [-0.05, 0) is 13.3 Å². The fourth-order valence-corrected chi connectivity index (χ4v) is 2.22. The van der Waals surface area contributed by atoms with Gasteiger partial charge in [-0.2, -0.15) is 0 Å². The molecule has 0 radical (unpaired) electrons. The molecule has 1 aromatic rings. The Kier molecular flexibility index (Phi) is 2.48. The molecule has 3 N–H and O–H groups in total. The first-order valence-corrected chi connectivity index (χ1v) is 5.23. The molecule has 1 atom stereocenters. The molecule has 2 rings (SSSR count). The number of carbonyl (C=O) groups is 1. The Morgan fingerprint density at radius 3 is 3.07 bits per heavy atom. The van der Waals surface area contributed by atoms with Crippen LogP contribution >= 0.6 is 0 Å². The Morgan fingerprint density at radius 1 is 1.73 bits per heavy atom. The van der Waals surface area contributed by atoms with Gasteiger partial charge in [0.25, 0.3) is 5.91 Å². The number of imidazole rings is 1. The fourth-order valence-electron chi connectivity index (χ4n) is 2.22. The Labute approximate surface area is 88.7 Å². The van der Waals surface area contributed by atoms with Crippen LogP contribution in [0.4, 0.5) is 0 Å². The molecule has 5 heteroatoms. The summed E-state index contributed by atoms with van der Waals surface area (Å²) < 4.78 is 2.14. The van der Waals surface area contributed by atoms with E-state index in [-0.39, 0.29) is 0 Å². The average molecular weight is 208 g/mol. The van der Waals surface area contributed by atoms with Gasteiger partial charge in [0.15, 0.2) is 5.69 Å². The second-order valence-electron chi connectivity index (χ2n) is 3.88. The van der Waals surface area contributed by atoms with E-state index in [4.69, 9.17) is 5.73 Å². The molecule has 0 fully saturated rings. The standard InChI is InChI=1S/C10H16N4O/c1-3-7-4-12-5-8-9(10(11)15)13-6(2)14(7)8/h7,12H,3-5H2,1-2H3,(H2,11,15). The summed E-state index contributed by atoms with van der Waals surface area (Å²) in [6, 6.07) is 0.384. The summed E-state index contributed by atoms with van der Waals surface area (Å²) in [5.74, 6) is 0.442. The minimum atomic E-state index is -0.439. The first kappa shape index (κ1) is 10.2. The third-order valence-electron chi connectivity index (χ3n) is 2.93. The maximum atomic E-state index is 11.2. The lowest BCUT2D eigenvalue weighted by Gasteiger charge is -2.26. The molecular weight excluding hydrogens is 192 g/mol. The van der Waals surface area contributed by atoms with Crippen LogP contribution in [0, 0.1) is 6.92 Å². The molecule has 1 aliphatic heterocycles. The van der Waals surface area contributed by atoms with Crippen molar-refractivity contribution in [2.24, 2.45) is 5.73 Å². The molecule has 5 nitrogen and oxygen atoms in total. The number of nitrogens with two attached hydrogens (primary N) is 1. The van der Waals surface area contributed by atoms with E-state index in [1.807, 2.05) is 6.92 Å². The van der Waals surface area contributed by atoms with E-state index >= 15 is 0 Å². The van der Waals surface area contributed by atoms with Crippen molar-refractivity contribution in [2.45, 2.75) is 32.9 Å². The fraction of sp³-hybridized carbons (Fsp3) is 0.600. The zero-order valence-corrected chi connectivity index (χ0v) is 9.08. The Morgan fingerprint density at radius 2 is 2.47 bits per heavy atom. The minimum absolute atomic E-state index is 0.384. The zero-order chi connectivity index (χ0) is 11.0. The summed E-state index contributed by atoms with van der Waals surface area (Å²) in [5.41, 5.74) is 6.64. The van der Waals surface area contributed by atoms with E-state index in [0.717, 1.165) is 24.5 Å². The predicted molar refractivity (Wildman–Crippen MR) is 56.5 cm³/mol. The minimum Gasteiger partial charge on any atom is -0.364 e. The molecule has 1 aliphatic rings. The van der Waals surface area contributed by atoms with Gasteiger partial charge in [-0.15, -0.1) is 0 Å². The molecule has 0 aliphatic carbocycles. The van der Waals surface area contributed by atoms with Gasteiger partial charge in [0.1, 0.15) is 5.82 Å². The average Bonchev–Trinajstić information content (AvgIpc) is 2.56. The second-order valence-corrected chi connectivity index (χ2v) is 3.88. The van der Waals surface area contributed by atoms with Crippen molar-refractivity contribution in [3.05, 3.63) is 17.2 Å². The Balaban J connectivity index is 2.53. The maximum absolute atomic E-state index is 11.2. The molecular formula is C10H16N4O. The van der Waals surface area contributed by atoms with E-state index in [1.165, 1.54) is 0 Å². The SMILES string of the molecule is CCC1CNCc2c(C(N)=O)nc(C)n21. The lowest BCUT2D eigenvalue weighted by molar-refractivity contribution is 0.0994. The zero-order valence-electron chi connectivity index (χ0n) is 9.08. The molecule has 0 bridgehead atoms. The van der Waals surface area contributed by atoms with Crippen LogP contribution in [0.2, 0.25) is 0 Å². The molecule has 0 aromatic carbocycles. The monoisotopic (exact) mass is 208 g/mol. The summed E-state index contributed by atoms with van der Waals surface area (Å²) in [6.45, 7) is 5.66. The molecule has 0 spiro atoms. The van der Waals surface area contributed by atoms with Crippen molar-refractivity contribution in [3.8, 4) is 0 Å². The first-order valence-electron chi connectivity index (χ1n) is 5.23. The van der Waals surface area contributed by atoms with Crippen LogP contribution in [0.5, 0.6) is 0 Å². The smallest absolute Gasteiger partial charge is 0.269 e. The van der Waals surface area contributed by atoms with Gasteiger partial charge < -0.3 is 15.6 Å². The van der Waals surface area contributed by atoms with Crippen molar-refractivity contribution in [1.82, 2.24) is 14.9 Å². The van der Waals surface area contributed by atoms with Crippen LogP contribution in [-0.4, -0.2) is 22.0 Å². The van der Waals surface area contributed by atoms with Crippen molar-refractivity contribution < 1.29 is 4.79 Å². The van der Waals surface area contributed by atoms with Crippen LogP contribution in [0.3, 0.4) is 0 Å². The van der Waals surface area contributed by atoms with Gasteiger partial charge >= 0.3 is 0 Å². The quantitative estimate of drug-likeness (QED) is 0.736. The highest BCUT2D eigenvalue weighted by molar-refractivity contribution is 5.92. The van der Waals surface area contributed by atoms with E-state index in [9.17, 15) is 4.79 Å². The van der Waals surface area contributed by atoms with Crippen LogP contribution in [0.25, 0.3) is 0 Å². The van der Waals surface area contributed by atoms with Gasteiger partial charge in [-0.25, -0.2) is 4.98 Å². The number of aryl methyl sites for hydroxylation is 1. The topological polar surface area (TPSA) is 72.9 Å². The summed E-state index contributed by atoms with van der Waals surface area (Å²) >= 11 is 0. The number of primary amides is 1. The molecule has 15 heavy (non-hydrogen) atoms. The number of hydrogen-bond donors (Lipinski definition) is 2. The predicted octanol–water partition coefficient (Wildman–Crippen LogP) is 0.345. The summed E-state index contributed by atoms with van der Waals surface area (Å²) in [7, 11) is 0. The number of aromatic nitrogens is 2. The number of amides is 1.